The third-order valence-corrected chi connectivity index (χ3v) is 6.46. The molecule has 0 atom stereocenters. The van der Waals surface area contributed by atoms with Crippen molar-refractivity contribution in [3.05, 3.63) is 64.7 Å². The molecule has 2 N–H and O–H groups in total. The highest BCUT2D eigenvalue weighted by Gasteiger charge is 2.25. The molecular formula is C27H33N5O3. The van der Waals surface area contributed by atoms with E-state index in [0.717, 1.165) is 18.4 Å². The molecule has 1 aliphatic rings. The summed E-state index contributed by atoms with van der Waals surface area (Å²) in [6.45, 7) is 5.74. The summed E-state index contributed by atoms with van der Waals surface area (Å²) in [5, 5.41) is 14.6. The predicted molar refractivity (Wildman–Crippen MR) is 135 cm³/mol. The Morgan fingerprint density at radius 1 is 1.11 bits per heavy atom. The summed E-state index contributed by atoms with van der Waals surface area (Å²) >= 11 is 0. The molecule has 184 valence electrons. The fourth-order valence-corrected chi connectivity index (χ4v) is 4.12. The topological polar surface area (TPSA) is 106 Å². The molecule has 1 fully saturated rings. The third-order valence-electron chi connectivity index (χ3n) is 6.46. The quantitative estimate of drug-likeness (QED) is 0.634. The number of nitrogens with one attached hydrogen (secondary N) is 2. The molecule has 2 aromatic rings. The maximum atomic E-state index is 13.2. The highest BCUT2D eigenvalue weighted by atomic mass is 16.2. The van der Waals surface area contributed by atoms with Gasteiger partial charge in [0.05, 0.1) is 11.6 Å². The van der Waals surface area contributed by atoms with Crippen LogP contribution in [0.25, 0.3) is 0 Å². The van der Waals surface area contributed by atoms with Crippen LogP contribution in [0.2, 0.25) is 0 Å². The Morgan fingerprint density at radius 2 is 1.80 bits per heavy atom. The number of aryl methyl sites for hydroxylation is 1. The predicted octanol–water partition coefficient (Wildman–Crippen LogP) is 3.88. The molecule has 0 aromatic heterocycles. The summed E-state index contributed by atoms with van der Waals surface area (Å²) in [6.07, 6.45) is 2.14. The van der Waals surface area contributed by atoms with Crippen LogP contribution in [-0.4, -0.2) is 60.9 Å². The van der Waals surface area contributed by atoms with Crippen molar-refractivity contribution in [3.63, 3.8) is 0 Å². The van der Waals surface area contributed by atoms with Crippen LogP contribution in [0.1, 0.15) is 59.2 Å². The molecule has 35 heavy (non-hydrogen) atoms. The SMILES string of the molecule is CCC(=O)NCCN(C)C(=O)Nc1cc(C(=O)N2CCC(c3ccc(C#N)cc3)CC2)ccc1C. The largest absolute Gasteiger partial charge is 0.354 e. The van der Waals surface area contributed by atoms with E-state index in [9.17, 15) is 14.4 Å². The van der Waals surface area contributed by atoms with Gasteiger partial charge >= 0.3 is 6.03 Å². The van der Waals surface area contributed by atoms with Gasteiger partial charge in [0.1, 0.15) is 0 Å². The lowest BCUT2D eigenvalue weighted by atomic mass is 9.89. The summed E-state index contributed by atoms with van der Waals surface area (Å²) in [5.41, 5.74) is 3.85. The van der Waals surface area contributed by atoms with Crippen LogP contribution < -0.4 is 10.6 Å². The van der Waals surface area contributed by atoms with Gasteiger partial charge in [-0.2, -0.15) is 5.26 Å². The molecular weight excluding hydrogens is 442 g/mol. The third kappa shape index (κ3) is 6.82. The fraction of sp³-hybridized carbons (Fsp3) is 0.407. The van der Waals surface area contributed by atoms with Gasteiger partial charge < -0.3 is 20.4 Å². The van der Waals surface area contributed by atoms with E-state index < -0.39 is 0 Å². The van der Waals surface area contributed by atoms with E-state index in [1.54, 1.807) is 26.1 Å². The Hall–Kier alpha value is -3.86. The van der Waals surface area contributed by atoms with Gasteiger partial charge in [0.2, 0.25) is 5.91 Å². The van der Waals surface area contributed by atoms with E-state index in [2.05, 4.69) is 16.7 Å². The molecule has 1 saturated heterocycles. The molecule has 1 aliphatic heterocycles. The molecule has 0 saturated carbocycles. The Balaban J connectivity index is 1.57. The normalized spacial score (nSPS) is 13.6. The Labute approximate surface area is 206 Å². The number of urea groups is 1. The fourth-order valence-electron chi connectivity index (χ4n) is 4.12. The number of rotatable bonds is 7. The number of carbonyl (C=O) groups is 3. The van der Waals surface area contributed by atoms with Crippen LogP contribution in [-0.2, 0) is 4.79 Å². The lowest BCUT2D eigenvalue weighted by Gasteiger charge is -2.32. The number of carbonyl (C=O) groups excluding carboxylic acids is 3. The average Bonchev–Trinajstić information content (AvgIpc) is 2.89. The number of likely N-dealkylation sites (N-methyl/N-ethyl adjacent to an activating group) is 1. The number of nitriles is 1. The number of hydrogen-bond donors (Lipinski definition) is 2. The molecule has 1 heterocycles. The van der Waals surface area contributed by atoms with Crippen LogP contribution in [0, 0.1) is 18.3 Å². The highest BCUT2D eigenvalue weighted by Crippen LogP contribution is 2.29. The van der Waals surface area contributed by atoms with Crippen molar-refractivity contribution in [1.29, 1.82) is 5.26 Å². The zero-order valence-corrected chi connectivity index (χ0v) is 20.6. The molecule has 0 radical (unpaired) electrons. The molecule has 2 aromatic carbocycles. The van der Waals surface area contributed by atoms with E-state index in [1.165, 1.54) is 10.5 Å². The minimum atomic E-state index is -0.299. The molecule has 3 rings (SSSR count). The molecule has 0 aliphatic carbocycles. The van der Waals surface area contributed by atoms with E-state index >= 15 is 0 Å². The van der Waals surface area contributed by atoms with E-state index in [1.807, 2.05) is 42.2 Å². The van der Waals surface area contributed by atoms with E-state index in [-0.39, 0.29) is 17.8 Å². The van der Waals surface area contributed by atoms with Gasteiger partial charge in [0.25, 0.3) is 5.91 Å². The van der Waals surface area contributed by atoms with Crippen LogP contribution in [0.5, 0.6) is 0 Å². The number of amides is 4. The second-order valence-electron chi connectivity index (χ2n) is 8.89. The monoisotopic (exact) mass is 475 g/mol. The van der Waals surface area contributed by atoms with Gasteiger partial charge in [-0.05, 0) is 61.1 Å². The number of benzene rings is 2. The molecule has 0 unspecified atom stereocenters. The van der Waals surface area contributed by atoms with Crippen LogP contribution in [0.4, 0.5) is 10.5 Å². The van der Waals surface area contributed by atoms with Gasteiger partial charge in [-0.3, -0.25) is 9.59 Å². The molecule has 8 heteroatoms. The second-order valence-corrected chi connectivity index (χ2v) is 8.89. The van der Waals surface area contributed by atoms with E-state index in [0.29, 0.717) is 55.3 Å². The maximum absolute atomic E-state index is 13.2. The number of hydrogen-bond acceptors (Lipinski definition) is 4. The van der Waals surface area contributed by atoms with Gasteiger partial charge in [0.15, 0.2) is 0 Å². The van der Waals surface area contributed by atoms with Crippen molar-refractivity contribution in [3.8, 4) is 6.07 Å². The van der Waals surface area contributed by atoms with Crippen molar-refractivity contribution in [1.82, 2.24) is 15.1 Å². The van der Waals surface area contributed by atoms with Gasteiger partial charge in [0, 0.05) is 50.9 Å². The summed E-state index contributed by atoms with van der Waals surface area (Å²) in [4.78, 5) is 40.5. The standard InChI is InChI=1S/C27H33N5O3/c1-4-25(33)29-13-16-31(3)27(35)30-24-17-23(8-5-19(24)2)26(34)32-14-11-22(12-15-32)21-9-6-20(18-28)7-10-21/h5-10,17,22H,4,11-16H2,1-3H3,(H,29,33)(H,30,35). The van der Waals surface area contributed by atoms with Crippen LogP contribution in [0.3, 0.4) is 0 Å². The Morgan fingerprint density at radius 3 is 2.43 bits per heavy atom. The first-order valence-corrected chi connectivity index (χ1v) is 12.0. The molecule has 4 amide bonds. The summed E-state index contributed by atoms with van der Waals surface area (Å²) in [6, 6.07) is 14.9. The lowest BCUT2D eigenvalue weighted by molar-refractivity contribution is -0.120. The van der Waals surface area contributed by atoms with Gasteiger partial charge in [-0.25, -0.2) is 4.79 Å². The number of nitrogens with zero attached hydrogens (tertiary/aromatic N) is 3. The second kappa shape index (κ2) is 12.0. The van der Waals surface area contributed by atoms with Gasteiger partial charge in [-0.1, -0.05) is 25.1 Å². The molecule has 8 nitrogen and oxygen atoms in total. The van der Waals surface area contributed by atoms with Crippen molar-refractivity contribution in [2.75, 3.05) is 38.5 Å². The molecule has 0 spiro atoms. The Bertz CT molecular complexity index is 1100. The molecule has 0 bridgehead atoms. The minimum Gasteiger partial charge on any atom is -0.354 e. The van der Waals surface area contributed by atoms with E-state index in [4.69, 9.17) is 5.26 Å². The first-order chi connectivity index (χ1) is 16.8. The smallest absolute Gasteiger partial charge is 0.321 e. The van der Waals surface area contributed by atoms with Crippen molar-refractivity contribution in [2.45, 2.75) is 39.0 Å². The summed E-state index contributed by atoms with van der Waals surface area (Å²) < 4.78 is 0. The zero-order valence-electron chi connectivity index (χ0n) is 20.6. The summed E-state index contributed by atoms with van der Waals surface area (Å²) in [7, 11) is 1.66. The first-order valence-electron chi connectivity index (χ1n) is 12.0. The van der Waals surface area contributed by atoms with Crippen LogP contribution in [0.15, 0.2) is 42.5 Å². The Kier molecular flexibility index (Phi) is 8.85. The van der Waals surface area contributed by atoms with Crippen molar-refractivity contribution in [2.24, 2.45) is 0 Å². The highest BCUT2D eigenvalue weighted by molar-refractivity contribution is 5.97. The summed E-state index contributed by atoms with van der Waals surface area (Å²) in [5.74, 6) is 0.272. The first kappa shape index (κ1) is 25.8. The average molecular weight is 476 g/mol. The lowest BCUT2D eigenvalue weighted by Crippen LogP contribution is -2.38. The zero-order chi connectivity index (χ0) is 25.4. The van der Waals surface area contributed by atoms with Crippen LogP contribution >= 0.6 is 0 Å². The minimum absolute atomic E-state index is 0.0468. The number of piperidine rings is 1. The maximum Gasteiger partial charge on any atom is 0.321 e. The number of likely N-dealkylation sites (tertiary alicyclic amines) is 1. The van der Waals surface area contributed by atoms with Crippen molar-refractivity contribution < 1.29 is 14.4 Å². The number of anilines is 1. The van der Waals surface area contributed by atoms with Gasteiger partial charge in [-0.15, -0.1) is 0 Å². The van der Waals surface area contributed by atoms with Crippen molar-refractivity contribution >= 4 is 23.5 Å².